The van der Waals surface area contributed by atoms with E-state index in [0.717, 1.165) is 49.3 Å². The van der Waals surface area contributed by atoms with Gasteiger partial charge in [-0.15, -0.1) is 11.3 Å². The lowest BCUT2D eigenvalue weighted by atomic mass is 10.0. The third kappa shape index (κ3) is 2.94. The molecule has 0 amide bonds. The first-order chi connectivity index (χ1) is 15.2. The smallest absolute Gasteiger partial charge is 0.178 e. The van der Waals surface area contributed by atoms with E-state index >= 15 is 0 Å². The highest BCUT2D eigenvalue weighted by molar-refractivity contribution is 7.14. The van der Waals surface area contributed by atoms with Gasteiger partial charge in [-0.2, -0.15) is 9.49 Å². The third-order valence-corrected chi connectivity index (χ3v) is 5.98. The first-order valence-corrected chi connectivity index (χ1v) is 10.2. The van der Waals surface area contributed by atoms with Crippen LogP contribution >= 0.6 is 11.3 Å². The number of H-pyrrole nitrogens is 2. The van der Waals surface area contributed by atoms with E-state index in [9.17, 15) is 9.50 Å². The van der Waals surface area contributed by atoms with Crippen LogP contribution in [0.15, 0.2) is 61.1 Å². The first-order valence-electron chi connectivity index (χ1n) is 9.39. The topological polar surface area (TPSA) is 103 Å². The van der Waals surface area contributed by atoms with Gasteiger partial charge in [0.25, 0.3) is 0 Å². The fourth-order valence-electron chi connectivity index (χ4n) is 3.65. The lowest BCUT2D eigenvalue weighted by Gasteiger charge is -2.02. The fourth-order valence-corrected chi connectivity index (χ4v) is 4.41. The minimum atomic E-state index is -0.244. The molecule has 5 aromatic heterocycles. The molecule has 0 radical (unpaired) electrons. The number of nitrogens with one attached hydrogen (secondary N) is 2. The predicted molar refractivity (Wildman–Crippen MR) is 117 cm³/mol. The summed E-state index contributed by atoms with van der Waals surface area (Å²) in [4.78, 5) is 17.1. The van der Waals surface area contributed by atoms with Crippen molar-refractivity contribution in [2.75, 3.05) is 0 Å². The number of benzene rings is 1. The molecular formula is C22H13FN6OS. The van der Waals surface area contributed by atoms with Crippen LogP contribution in [0.1, 0.15) is 0 Å². The molecule has 150 valence electrons. The number of fused-ring (bicyclic) bond motifs is 2. The second kappa shape index (κ2) is 6.71. The van der Waals surface area contributed by atoms with E-state index in [0.29, 0.717) is 17.2 Å². The van der Waals surface area contributed by atoms with Gasteiger partial charge in [0.15, 0.2) is 16.6 Å². The van der Waals surface area contributed by atoms with Crippen LogP contribution in [0, 0.1) is 5.13 Å². The Kier molecular flexibility index (Phi) is 3.84. The van der Waals surface area contributed by atoms with Gasteiger partial charge in [-0.05, 0) is 42.0 Å². The van der Waals surface area contributed by atoms with Gasteiger partial charge in [0.1, 0.15) is 11.4 Å². The maximum absolute atomic E-state index is 13.6. The zero-order valence-corrected chi connectivity index (χ0v) is 16.6. The van der Waals surface area contributed by atoms with E-state index in [2.05, 4.69) is 30.1 Å². The lowest BCUT2D eigenvalue weighted by molar-refractivity contribution is 0.473. The maximum Gasteiger partial charge on any atom is 0.178 e. The number of hydrogen-bond donors (Lipinski definition) is 3. The van der Waals surface area contributed by atoms with Crippen molar-refractivity contribution in [2.45, 2.75) is 0 Å². The highest BCUT2D eigenvalue weighted by atomic mass is 32.1. The quantitative estimate of drug-likeness (QED) is 0.362. The number of hydrogen-bond acceptors (Lipinski definition) is 6. The number of nitrogens with zero attached hydrogens (tertiary/aromatic N) is 4. The monoisotopic (exact) mass is 428 g/mol. The summed E-state index contributed by atoms with van der Waals surface area (Å²) in [7, 11) is 0. The molecule has 0 aliphatic heterocycles. The number of aromatic nitrogens is 6. The molecule has 5 heterocycles. The molecule has 6 aromatic rings. The van der Waals surface area contributed by atoms with Crippen molar-refractivity contribution in [3.8, 4) is 38.8 Å². The maximum atomic E-state index is 13.6. The predicted octanol–water partition coefficient (Wildman–Crippen LogP) is 5.14. The van der Waals surface area contributed by atoms with Gasteiger partial charge in [0.05, 0.1) is 17.2 Å². The molecule has 3 N–H and O–H groups in total. The van der Waals surface area contributed by atoms with E-state index in [-0.39, 0.29) is 10.9 Å². The van der Waals surface area contributed by atoms with E-state index in [4.69, 9.17) is 0 Å². The molecule has 31 heavy (non-hydrogen) atoms. The van der Waals surface area contributed by atoms with Crippen molar-refractivity contribution in [1.82, 2.24) is 30.1 Å². The molecular weight excluding hydrogens is 415 g/mol. The van der Waals surface area contributed by atoms with Gasteiger partial charge in [0, 0.05) is 33.8 Å². The lowest BCUT2D eigenvalue weighted by Crippen LogP contribution is -1.83. The number of pyridine rings is 2. The van der Waals surface area contributed by atoms with Crippen LogP contribution in [-0.4, -0.2) is 35.2 Å². The Balaban J connectivity index is 1.51. The Labute approximate surface area is 178 Å². The van der Waals surface area contributed by atoms with Crippen LogP contribution in [-0.2, 0) is 0 Å². The summed E-state index contributed by atoms with van der Waals surface area (Å²) in [5.74, 6) is 0.662. The van der Waals surface area contributed by atoms with E-state index < -0.39 is 0 Å². The molecule has 0 aliphatic rings. The van der Waals surface area contributed by atoms with Crippen molar-refractivity contribution in [1.29, 1.82) is 0 Å². The number of imidazole rings is 1. The van der Waals surface area contributed by atoms with Crippen molar-refractivity contribution >= 4 is 33.4 Å². The number of aromatic hydroxyl groups is 1. The first kappa shape index (κ1) is 17.7. The Hall–Kier alpha value is -4.11. The van der Waals surface area contributed by atoms with Crippen molar-refractivity contribution in [3.05, 3.63) is 66.2 Å². The molecule has 0 bridgehead atoms. The standard InChI is InChI=1S/C22H13FN6OS/c23-18-4-3-17(31-18)14-5-6-25-21-19(14)26-22(27-21)20-15-8-11(1-2-16(15)28-29-20)12-7-13(30)10-24-9-12/h1-10,30H,(H,28,29)(H,25,26,27). The van der Waals surface area contributed by atoms with E-state index in [1.807, 2.05) is 24.3 Å². The number of rotatable bonds is 3. The van der Waals surface area contributed by atoms with Gasteiger partial charge >= 0.3 is 0 Å². The molecule has 0 spiro atoms. The van der Waals surface area contributed by atoms with Crippen LogP contribution in [0.2, 0.25) is 0 Å². The second-order valence-electron chi connectivity index (χ2n) is 7.01. The van der Waals surface area contributed by atoms with Crippen molar-refractivity contribution in [3.63, 3.8) is 0 Å². The number of aromatic amines is 2. The van der Waals surface area contributed by atoms with E-state index in [1.54, 1.807) is 24.5 Å². The van der Waals surface area contributed by atoms with Crippen LogP contribution in [0.3, 0.4) is 0 Å². The summed E-state index contributed by atoms with van der Waals surface area (Å²) < 4.78 is 13.6. The van der Waals surface area contributed by atoms with Gasteiger partial charge < -0.3 is 10.1 Å². The van der Waals surface area contributed by atoms with Crippen LogP contribution < -0.4 is 0 Å². The molecule has 1 aromatic carbocycles. The minimum Gasteiger partial charge on any atom is -0.506 e. The van der Waals surface area contributed by atoms with Crippen LogP contribution in [0.25, 0.3) is 55.2 Å². The van der Waals surface area contributed by atoms with E-state index in [1.165, 1.54) is 12.3 Å². The van der Waals surface area contributed by atoms with Crippen molar-refractivity contribution < 1.29 is 9.50 Å². The Morgan fingerprint density at radius 3 is 2.77 bits per heavy atom. The summed E-state index contributed by atoms with van der Waals surface area (Å²) in [5.41, 5.74) is 5.27. The highest BCUT2D eigenvalue weighted by Crippen LogP contribution is 2.34. The number of thiophene rings is 1. The molecule has 0 aliphatic carbocycles. The van der Waals surface area contributed by atoms with Crippen molar-refractivity contribution in [2.24, 2.45) is 0 Å². The number of halogens is 1. The molecule has 0 unspecified atom stereocenters. The third-order valence-electron chi connectivity index (χ3n) is 5.08. The van der Waals surface area contributed by atoms with Crippen LogP contribution in [0.5, 0.6) is 5.75 Å². The zero-order valence-electron chi connectivity index (χ0n) is 15.8. The molecule has 6 rings (SSSR count). The normalized spacial score (nSPS) is 11.5. The SMILES string of the molecule is Oc1cncc(-c2ccc3[nH]nc(-c4nc5nccc(-c6ccc(F)s6)c5[nH]4)c3c2)c1. The Morgan fingerprint density at radius 1 is 1.00 bits per heavy atom. The van der Waals surface area contributed by atoms with Gasteiger partial charge in [0.2, 0.25) is 0 Å². The van der Waals surface area contributed by atoms with Gasteiger partial charge in [-0.1, -0.05) is 6.07 Å². The van der Waals surface area contributed by atoms with Gasteiger partial charge in [-0.3, -0.25) is 10.1 Å². The largest absolute Gasteiger partial charge is 0.506 e. The average molecular weight is 428 g/mol. The molecule has 0 saturated heterocycles. The average Bonchev–Trinajstić information content (AvgIpc) is 3.50. The van der Waals surface area contributed by atoms with Crippen LogP contribution in [0.4, 0.5) is 4.39 Å². The Bertz CT molecular complexity index is 1580. The molecule has 0 atom stereocenters. The molecule has 9 heteroatoms. The second-order valence-corrected chi connectivity index (χ2v) is 8.04. The van der Waals surface area contributed by atoms with Gasteiger partial charge in [-0.25, -0.2) is 9.97 Å². The summed E-state index contributed by atoms with van der Waals surface area (Å²) in [6, 6.07) is 12.5. The summed E-state index contributed by atoms with van der Waals surface area (Å²) in [6.07, 6.45) is 4.75. The fraction of sp³-hybridized carbons (Fsp3) is 0. The zero-order chi connectivity index (χ0) is 20.9. The summed E-state index contributed by atoms with van der Waals surface area (Å²) >= 11 is 1.08. The molecule has 0 saturated carbocycles. The molecule has 7 nitrogen and oxygen atoms in total. The Morgan fingerprint density at radius 2 is 1.94 bits per heavy atom. The highest BCUT2D eigenvalue weighted by Gasteiger charge is 2.17. The minimum absolute atomic E-state index is 0.103. The summed E-state index contributed by atoms with van der Waals surface area (Å²) in [5, 5.41) is 17.9. The molecule has 0 fully saturated rings. The summed E-state index contributed by atoms with van der Waals surface area (Å²) in [6.45, 7) is 0.